The molecule has 0 saturated carbocycles. The lowest BCUT2D eigenvalue weighted by Gasteiger charge is -2.41. The van der Waals surface area contributed by atoms with Crippen LogP contribution in [0.4, 0.5) is 10.1 Å². The highest BCUT2D eigenvalue weighted by molar-refractivity contribution is 5.98. The first kappa shape index (κ1) is 30.9. The Labute approximate surface area is 255 Å². The number of carbonyl (C=O) groups is 2. The number of ether oxygens (including phenoxy) is 1. The number of hydrogen-bond acceptors (Lipinski definition) is 4. The van der Waals surface area contributed by atoms with Gasteiger partial charge in [-0.3, -0.25) is 14.5 Å². The Bertz CT molecular complexity index is 1430. The van der Waals surface area contributed by atoms with E-state index >= 15 is 4.39 Å². The number of nitrogens with zero attached hydrogens (tertiary/aromatic N) is 2. The molecule has 1 N–H and O–H groups in total. The fraction of sp³-hybridized carbons (Fsp3) is 0.444. The first-order valence-electron chi connectivity index (χ1n) is 15.4. The van der Waals surface area contributed by atoms with Crippen LogP contribution >= 0.6 is 0 Å². The quantitative estimate of drug-likeness (QED) is 0.343. The van der Waals surface area contributed by atoms with Crippen molar-refractivity contribution in [3.05, 3.63) is 100 Å². The van der Waals surface area contributed by atoms with Crippen molar-refractivity contribution in [2.24, 2.45) is 5.92 Å². The first-order chi connectivity index (χ1) is 20.5. The molecule has 3 aromatic carbocycles. The third kappa shape index (κ3) is 7.00. The molecule has 2 aliphatic heterocycles. The van der Waals surface area contributed by atoms with Crippen LogP contribution in [0.1, 0.15) is 79.2 Å². The predicted octanol–water partition coefficient (Wildman–Crippen LogP) is 6.88. The van der Waals surface area contributed by atoms with Gasteiger partial charge in [-0.05, 0) is 72.6 Å². The molecule has 0 aliphatic carbocycles. The topological polar surface area (TPSA) is 61.9 Å². The molecule has 2 saturated heterocycles. The van der Waals surface area contributed by atoms with E-state index in [0.717, 1.165) is 48.7 Å². The van der Waals surface area contributed by atoms with Crippen molar-refractivity contribution in [3.8, 4) is 0 Å². The minimum Gasteiger partial charge on any atom is -0.379 e. The molecule has 6 nitrogen and oxygen atoms in total. The number of benzene rings is 3. The Morgan fingerprint density at radius 2 is 1.77 bits per heavy atom. The van der Waals surface area contributed by atoms with Gasteiger partial charge in [0, 0.05) is 31.4 Å². The number of halogens is 1. The van der Waals surface area contributed by atoms with Crippen LogP contribution in [0.3, 0.4) is 0 Å². The zero-order chi connectivity index (χ0) is 30.7. The van der Waals surface area contributed by atoms with Crippen molar-refractivity contribution in [1.29, 1.82) is 0 Å². The van der Waals surface area contributed by atoms with Crippen molar-refractivity contribution >= 4 is 17.5 Å². The molecule has 7 heteroatoms. The summed E-state index contributed by atoms with van der Waals surface area (Å²) in [6, 6.07) is 20.7. The number of hydrogen-bond donors (Lipinski definition) is 1. The Morgan fingerprint density at radius 1 is 1.02 bits per heavy atom. The van der Waals surface area contributed by atoms with Gasteiger partial charge in [0.15, 0.2) is 0 Å². The average molecular weight is 586 g/mol. The lowest BCUT2D eigenvalue weighted by atomic mass is 9.82. The number of aryl methyl sites for hydroxylation is 1. The fourth-order valence-corrected chi connectivity index (χ4v) is 6.31. The fourth-order valence-electron chi connectivity index (χ4n) is 6.31. The number of rotatable bonds is 6. The molecule has 2 fully saturated rings. The Kier molecular flexibility index (Phi) is 9.33. The van der Waals surface area contributed by atoms with Crippen molar-refractivity contribution in [2.45, 2.75) is 71.5 Å². The van der Waals surface area contributed by atoms with Gasteiger partial charge in [0.05, 0.1) is 30.7 Å². The smallest absolute Gasteiger partial charge is 0.257 e. The summed E-state index contributed by atoms with van der Waals surface area (Å²) in [5, 5.41) is 3.15. The van der Waals surface area contributed by atoms with E-state index < -0.39 is 17.8 Å². The maximum atomic E-state index is 15.0. The van der Waals surface area contributed by atoms with E-state index in [1.165, 1.54) is 6.07 Å². The first-order valence-corrected chi connectivity index (χ1v) is 15.4. The normalized spacial score (nSPS) is 21.4. The Morgan fingerprint density at radius 3 is 2.47 bits per heavy atom. The molecule has 2 aliphatic rings. The third-order valence-corrected chi connectivity index (χ3v) is 8.87. The van der Waals surface area contributed by atoms with Crippen LogP contribution in [0, 0.1) is 18.7 Å². The van der Waals surface area contributed by atoms with Gasteiger partial charge in [-0.2, -0.15) is 0 Å². The van der Waals surface area contributed by atoms with E-state index in [-0.39, 0.29) is 22.8 Å². The van der Waals surface area contributed by atoms with E-state index in [2.05, 4.69) is 56.1 Å². The van der Waals surface area contributed by atoms with Gasteiger partial charge in [0.1, 0.15) is 5.82 Å². The zero-order valence-corrected chi connectivity index (χ0v) is 26.0. The second-order valence-electron chi connectivity index (χ2n) is 13.1. The number of amides is 2. The maximum Gasteiger partial charge on any atom is 0.257 e. The van der Waals surface area contributed by atoms with Gasteiger partial charge in [0.25, 0.3) is 5.91 Å². The van der Waals surface area contributed by atoms with E-state index in [9.17, 15) is 9.59 Å². The lowest BCUT2D eigenvalue weighted by Crippen LogP contribution is -2.46. The SMILES string of the molecule is Cc1cccc(F)c1C(=O)N1CCC[C@H](C(=O)Nc2cccc(C(C)(C)C)c2)[C@@H]1c1ccc(CN2CCOC[C@@H]2C)cc1. The summed E-state index contributed by atoms with van der Waals surface area (Å²) in [4.78, 5) is 32.1. The molecule has 43 heavy (non-hydrogen) atoms. The number of carbonyl (C=O) groups excluding carboxylic acids is 2. The van der Waals surface area contributed by atoms with Gasteiger partial charge in [-0.25, -0.2) is 4.39 Å². The number of nitrogens with one attached hydrogen (secondary N) is 1. The lowest BCUT2D eigenvalue weighted by molar-refractivity contribution is -0.123. The van der Waals surface area contributed by atoms with Crippen molar-refractivity contribution in [1.82, 2.24) is 9.80 Å². The molecular formula is C36H44FN3O3. The number of anilines is 1. The maximum absolute atomic E-state index is 15.0. The van der Waals surface area contributed by atoms with Crippen LogP contribution in [0.15, 0.2) is 66.7 Å². The van der Waals surface area contributed by atoms with E-state index in [4.69, 9.17) is 4.74 Å². The molecule has 0 aromatic heterocycles. The van der Waals surface area contributed by atoms with Gasteiger partial charge >= 0.3 is 0 Å². The number of likely N-dealkylation sites (tertiary alicyclic amines) is 1. The molecule has 2 amide bonds. The summed E-state index contributed by atoms with van der Waals surface area (Å²) in [6.07, 6.45) is 1.28. The van der Waals surface area contributed by atoms with Crippen LogP contribution in [-0.2, 0) is 21.5 Å². The summed E-state index contributed by atoms with van der Waals surface area (Å²) >= 11 is 0. The summed E-state index contributed by atoms with van der Waals surface area (Å²) < 4.78 is 20.6. The molecule has 228 valence electrons. The standard InChI is InChI=1S/C36H44FN3O3/c1-24-9-6-13-31(37)32(24)35(42)40-18-8-12-30(34(41)38-29-11-7-10-28(21-29)36(3,4)5)33(40)27-16-14-26(15-17-27)22-39-19-20-43-23-25(39)2/h6-7,9-11,13-17,21,25,30,33H,8,12,18-20,22-23H2,1-5H3,(H,38,41)/t25-,30-,33-/m0/s1. The minimum absolute atomic E-state index is 0.0598. The summed E-state index contributed by atoms with van der Waals surface area (Å²) in [6.45, 7) is 13.9. The highest BCUT2D eigenvalue weighted by atomic mass is 19.1. The molecule has 3 aromatic rings. The van der Waals surface area contributed by atoms with Crippen LogP contribution in [-0.4, -0.2) is 54.0 Å². The van der Waals surface area contributed by atoms with Crippen molar-refractivity contribution in [2.75, 3.05) is 31.6 Å². The minimum atomic E-state index is -0.538. The van der Waals surface area contributed by atoms with Crippen LogP contribution in [0.2, 0.25) is 0 Å². The second kappa shape index (κ2) is 13.0. The predicted molar refractivity (Wildman–Crippen MR) is 169 cm³/mol. The molecule has 0 spiro atoms. The number of morpholine rings is 1. The van der Waals surface area contributed by atoms with Crippen LogP contribution < -0.4 is 5.32 Å². The van der Waals surface area contributed by atoms with Gasteiger partial charge < -0.3 is 15.0 Å². The highest BCUT2D eigenvalue weighted by Gasteiger charge is 2.40. The van der Waals surface area contributed by atoms with Crippen LogP contribution in [0.25, 0.3) is 0 Å². The zero-order valence-electron chi connectivity index (χ0n) is 26.0. The molecule has 0 unspecified atom stereocenters. The van der Waals surface area contributed by atoms with Crippen LogP contribution in [0.5, 0.6) is 0 Å². The highest BCUT2D eigenvalue weighted by Crippen LogP contribution is 2.39. The summed E-state index contributed by atoms with van der Waals surface area (Å²) in [7, 11) is 0. The molecular weight excluding hydrogens is 541 g/mol. The third-order valence-electron chi connectivity index (χ3n) is 8.87. The second-order valence-corrected chi connectivity index (χ2v) is 13.1. The monoisotopic (exact) mass is 585 g/mol. The van der Waals surface area contributed by atoms with E-state index in [0.29, 0.717) is 31.0 Å². The number of piperidine rings is 1. The largest absolute Gasteiger partial charge is 0.379 e. The molecule has 5 rings (SSSR count). The van der Waals surface area contributed by atoms with Crippen molar-refractivity contribution < 1.29 is 18.7 Å². The van der Waals surface area contributed by atoms with Gasteiger partial charge in [-0.1, -0.05) is 69.3 Å². The molecule has 2 heterocycles. The molecule has 0 bridgehead atoms. The summed E-state index contributed by atoms with van der Waals surface area (Å²) in [5.41, 5.74) is 4.51. The Hall–Kier alpha value is -3.55. The average Bonchev–Trinajstić information content (AvgIpc) is 2.98. The van der Waals surface area contributed by atoms with Gasteiger partial charge in [-0.15, -0.1) is 0 Å². The Balaban J connectivity index is 1.46. The van der Waals surface area contributed by atoms with E-state index in [1.54, 1.807) is 24.0 Å². The summed E-state index contributed by atoms with van der Waals surface area (Å²) in [5.74, 6) is -1.54. The molecule has 0 radical (unpaired) electrons. The van der Waals surface area contributed by atoms with E-state index in [1.807, 2.05) is 30.3 Å². The molecule has 3 atom stereocenters. The van der Waals surface area contributed by atoms with Crippen molar-refractivity contribution in [3.63, 3.8) is 0 Å². The van der Waals surface area contributed by atoms with Gasteiger partial charge in [0.2, 0.25) is 5.91 Å².